The van der Waals surface area contributed by atoms with E-state index in [9.17, 15) is 0 Å². The van der Waals surface area contributed by atoms with Gasteiger partial charge in [-0.3, -0.25) is 0 Å². The van der Waals surface area contributed by atoms with Crippen LogP contribution in [0.2, 0.25) is 5.54 Å². The summed E-state index contributed by atoms with van der Waals surface area (Å²) >= 11 is 6.14. The lowest BCUT2D eigenvalue weighted by Crippen LogP contribution is -1.98. The maximum Gasteiger partial charge on any atom is 0.128 e. The molecule has 0 aliphatic carbocycles. The van der Waals surface area contributed by atoms with E-state index >= 15 is 0 Å². The molecule has 0 aliphatic heterocycles. The molecule has 0 saturated heterocycles. The van der Waals surface area contributed by atoms with Crippen molar-refractivity contribution in [3.63, 3.8) is 0 Å². The molecule has 0 rings (SSSR count). The molecule has 0 aliphatic rings. The molecule has 1 atom stereocenters. The molecule has 0 aromatic rings. The third-order valence-corrected chi connectivity index (χ3v) is 6.21. The predicted molar refractivity (Wildman–Crippen MR) is 84.9 cm³/mol. The molecular weight excluding hydrogens is 244 g/mol. The molecule has 0 radical (unpaired) electrons. The van der Waals surface area contributed by atoms with E-state index in [0.29, 0.717) is 0 Å². The molecule has 0 N–H and O–H groups in total. The minimum absolute atomic E-state index is 0.271. The molecule has 0 nitrogen and oxygen atoms in total. The molecule has 1 unspecified atom stereocenters. The Morgan fingerprint density at radius 3 is 1.71 bits per heavy atom. The Bertz CT molecular complexity index is 139. The fourth-order valence-corrected chi connectivity index (χ4v) is 4.17. The van der Waals surface area contributed by atoms with E-state index in [0.717, 1.165) is 5.54 Å². The summed E-state index contributed by atoms with van der Waals surface area (Å²) in [6, 6.07) is 0. The molecule has 2 heteroatoms. The van der Waals surface area contributed by atoms with Gasteiger partial charge in [0.05, 0.1) is 0 Å². The number of rotatable bonds is 13. The van der Waals surface area contributed by atoms with Gasteiger partial charge in [0.1, 0.15) is 8.83 Å². The lowest BCUT2D eigenvalue weighted by atomic mass is 10.0. The Labute approximate surface area is 116 Å². The van der Waals surface area contributed by atoms with Crippen molar-refractivity contribution in [2.75, 3.05) is 0 Å². The summed E-state index contributed by atoms with van der Waals surface area (Å²) in [7, 11) is -0.271. The monoisotopic (exact) mass is 276 g/mol. The first-order chi connectivity index (χ1) is 8.35. The fraction of sp³-hybridized carbons (Fsp3) is 1.00. The third-order valence-electron chi connectivity index (χ3n) is 3.65. The smallest absolute Gasteiger partial charge is 0.128 e. The molecule has 0 bridgehead atoms. The second kappa shape index (κ2) is 14.6. The highest BCUT2D eigenvalue weighted by Gasteiger charge is 2.06. The van der Waals surface area contributed by atoms with Gasteiger partial charge in [0.2, 0.25) is 0 Å². The van der Waals surface area contributed by atoms with Crippen LogP contribution in [0.5, 0.6) is 0 Å². The molecule has 0 amide bonds. The molecule has 17 heavy (non-hydrogen) atoms. The van der Waals surface area contributed by atoms with E-state index in [4.69, 9.17) is 11.1 Å². The van der Waals surface area contributed by atoms with Crippen LogP contribution in [0.1, 0.15) is 90.9 Å². The maximum absolute atomic E-state index is 6.14. The first-order valence-corrected chi connectivity index (χ1v) is 10.9. The van der Waals surface area contributed by atoms with Crippen LogP contribution >= 0.6 is 11.1 Å². The van der Waals surface area contributed by atoms with Gasteiger partial charge < -0.3 is 0 Å². The number of hydrogen-bond acceptors (Lipinski definition) is 0. The lowest BCUT2D eigenvalue weighted by Gasteiger charge is -2.12. The van der Waals surface area contributed by atoms with Crippen molar-refractivity contribution < 1.29 is 0 Å². The van der Waals surface area contributed by atoms with Gasteiger partial charge in [-0.25, -0.2) is 0 Å². The molecule has 0 heterocycles. The Morgan fingerprint density at radius 1 is 0.706 bits per heavy atom. The highest BCUT2D eigenvalue weighted by molar-refractivity contribution is 6.94. The second-order valence-electron chi connectivity index (χ2n) is 5.43. The summed E-state index contributed by atoms with van der Waals surface area (Å²) in [6.07, 6.45) is 17.0. The van der Waals surface area contributed by atoms with Gasteiger partial charge in [-0.15, -0.1) is 0 Å². The van der Waals surface area contributed by atoms with Crippen LogP contribution in [-0.2, 0) is 0 Å². The first kappa shape index (κ1) is 17.5. The van der Waals surface area contributed by atoms with Crippen LogP contribution in [0.25, 0.3) is 0 Å². The molecule has 0 fully saturated rings. The van der Waals surface area contributed by atoms with E-state index in [1.54, 1.807) is 0 Å². The van der Waals surface area contributed by atoms with E-state index < -0.39 is 0 Å². The Hall–Kier alpha value is 0.507. The van der Waals surface area contributed by atoms with Crippen LogP contribution in [0.15, 0.2) is 0 Å². The minimum Gasteiger partial charge on any atom is -0.176 e. The summed E-state index contributed by atoms with van der Waals surface area (Å²) in [6.45, 7) is 4.57. The molecule has 0 aromatic carbocycles. The summed E-state index contributed by atoms with van der Waals surface area (Å²) in [4.78, 5) is 0. The lowest BCUT2D eigenvalue weighted by molar-refractivity contribution is 0.542. The molecule has 104 valence electrons. The van der Waals surface area contributed by atoms with Gasteiger partial charge in [0.15, 0.2) is 0 Å². The van der Waals surface area contributed by atoms with Gasteiger partial charge in [-0.2, -0.15) is 11.1 Å². The van der Waals surface area contributed by atoms with E-state index in [1.165, 1.54) is 77.0 Å². The first-order valence-electron chi connectivity index (χ1n) is 7.91. The van der Waals surface area contributed by atoms with Gasteiger partial charge in [-0.1, -0.05) is 90.9 Å². The van der Waals surface area contributed by atoms with Crippen LogP contribution in [0.3, 0.4) is 0 Å². The van der Waals surface area contributed by atoms with Crippen LogP contribution in [-0.4, -0.2) is 8.83 Å². The van der Waals surface area contributed by atoms with Crippen molar-refractivity contribution in [2.24, 2.45) is 0 Å². The topological polar surface area (TPSA) is 0 Å². The van der Waals surface area contributed by atoms with Gasteiger partial charge >= 0.3 is 0 Å². The number of hydrogen-bond donors (Lipinski definition) is 0. The standard InChI is InChI=1S/C15H33ClSi/c1-3-5-7-8-9-10-11-12-14-15(17-16)13-6-4-2/h15H,3-14,17H2,1-2H3. The average Bonchev–Trinajstić information content (AvgIpc) is 2.36. The van der Waals surface area contributed by atoms with E-state index in [1.807, 2.05) is 0 Å². The van der Waals surface area contributed by atoms with Gasteiger partial charge in [-0.05, 0) is 5.54 Å². The van der Waals surface area contributed by atoms with Crippen molar-refractivity contribution in [2.45, 2.75) is 96.4 Å². The van der Waals surface area contributed by atoms with Crippen LogP contribution < -0.4 is 0 Å². The highest BCUT2D eigenvalue weighted by atomic mass is 35.6. The zero-order valence-electron chi connectivity index (χ0n) is 12.1. The largest absolute Gasteiger partial charge is 0.176 e. The summed E-state index contributed by atoms with van der Waals surface area (Å²) in [5, 5.41) is 0. The van der Waals surface area contributed by atoms with Crippen molar-refractivity contribution >= 4 is 19.9 Å². The Balaban J connectivity index is 3.19. The highest BCUT2D eigenvalue weighted by Crippen LogP contribution is 2.23. The predicted octanol–water partition coefficient (Wildman–Crippen LogP) is 5.82. The zero-order valence-corrected chi connectivity index (χ0v) is 14.3. The Morgan fingerprint density at radius 2 is 1.18 bits per heavy atom. The fourth-order valence-electron chi connectivity index (χ4n) is 2.36. The van der Waals surface area contributed by atoms with Gasteiger partial charge in [0, 0.05) is 0 Å². The molecule has 0 aromatic heterocycles. The van der Waals surface area contributed by atoms with E-state index in [2.05, 4.69) is 13.8 Å². The quantitative estimate of drug-likeness (QED) is 0.226. The van der Waals surface area contributed by atoms with Crippen molar-refractivity contribution in [1.29, 1.82) is 0 Å². The number of unbranched alkanes of at least 4 members (excludes halogenated alkanes) is 8. The maximum atomic E-state index is 6.14. The van der Waals surface area contributed by atoms with Gasteiger partial charge in [0.25, 0.3) is 0 Å². The molecule has 0 saturated carbocycles. The Kier molecular flexibility index (Phi) is 15.0. The third kappa shape index (κ3) is 12.7. The number of halogens is 1. The minimum atomic E-state index is -0.271. The normalized spacial score (nSPS) is 13.6. The van der Waals surface area contributed by atoms with Crippen molar-refractivity contribution in [1.82, 2.24) is 0 Å². The van der Waals surface area contributed by atoms with Crippen LogP contribution in [0, 0.1) is 0 Å². The SMILES string of the molecule is CCCCCCCCCCC(CCCC)[SiH2]Cl. The van der Waals surface area contributed by atoms with Crippen molar-refractivity contribution in [3.8, 4) is 0 Å². The summed E-state index contributed by atoms with van der Waals surface area (Å²) < 4.78 is 0. The van der Waals surface area contributed by atoms with Crippen molar-refractivity contribution in [3.05, 3.63) is 0 Å². The van der Waals surface area contributed by atoms with Crippen LogP contribution in [0.4, 0.5) is 0 Å². The summed E-state index contributed by atoms with van der Waals surface area (Å²) in [5.41, 5.74) is 0.928. The average molecular weight is 277 g/mol. The summed E-state index contributed by atoms with van der Waals surface area (Å²) in [5.74, 6) is 0. The molecule has 0 spiro atoms. The van der Waals surface area contributed by atoms with E-state index in [-0.39, 0.29) is 8.83 Å². The molecular formula is C15H33ClSi. The second-order valence-corrected chi connectivity index (χ2v) is 7.82. The zero-order chi connectivity index (χ0) is 12.8.